The summed E-state index contributed by atoms with van der Waals surface area (Å²) in [5, 5.41) is 13.1. The molecule has 1 aliphatic heterocycles. The number of fused-ring (bicyclic) bond motifs is 2. The monoisotopic (exact) mass is 841 g/mol. The van der Waals surface area contributed by atoms with E-state index in [-0.39, 0.29) is 43.2 Å². The van der Waals surface area contributed by atoms with Gasteiger partial charge >= 0.3 is 6.09 Å². The molecule has 6 aromatic rings. The first-order valence-corrected chi connectivity index (χ1v) is 20.5. The van der Waals surface area contributed by atoms with Crippen molar-refractivity contribution in [2.24, 2.45) is 0 Å². The zero-order valence-electron chi connectivity index (χ0n) is 34.8. The fourth-order valence-electron chi connectivity index (χ4n) is 7.77. The van der Waals surface area contributed by atoms with Gasteiger partial charge in [-0.2, -0.15) is 5.26 Å². The van der Waals surface area contributed by atoms with E-state index in [1.165, 1.54) is 24.3 Å². The van der Waals surface area contributed by atoms with E-state index in [1.807, 2.05) is 67.6 Å². The fraction of sp³-hybridized carbons (Fsp3) is 0.250. The van der Waals surface area contributed by atoms with E-state index in [1.54, 1.807) is 46.1 Å². The number of aromatic nitrogens is 1. The quantitative estimate of drug-likeness (QED) is 0.129. The van der Waals surface area contributed by atoms with Crippen LogP contribution in [0.5, 0.6) is 11.5 Å². The molecule has 13 heteroatoms. The minimum absolute atomic E-state index is 0.0381. The molecule has 10 nitrogen and oxygen atoms in total. The summed E-state index contributed by atoms with van der Waals surface area (Å²) in [6.07, 6.45) is 2.77. The molecule has 1 atom stereocenters. The van der Waals surface area contributed by atoms with Crippen LogP contribution in [0.3, 0.4) is 0 Å². The Bertz CT molecular complexity index is 2640. The Hall–Kier alpha value is -6.78. The van der Waals surface area contributed by atoms with Crippen molar-refractivity contribution in [3.8, 4) is 28.7 Å². The third kappa shape index (κ3) is 8.63. The van der Waals surface area contributed by atoms with Crippen molar-refractivity contribution >= 4 is 50.3 Å². The van der Waals surface area contributed by atoms with Crippen LogP contribution in [0.15, 0.2) is 91.6 Å². The molecule has 0 saturated heterocycles. The highest BCUT2D eigenvalue weighted by molar-refractivity contribution is 7.23. The van der Waals surface area contributed by atoms with Crippen LogP contribution in [0.2, 0.25) is 0 Å². The van der Waals surface area contributed by atoms with Crippen molar-refractivity contribution in [3.05, 3.63) is 142 Å². The average molecular weight is 842 g/mol. The smallest absolute Gasteiger partial charge is 0.412 e. The minimum Gasteiger partial charge on any atom is -0.497 e. The van der Waals surface area contributed by atoms with E-state index in [9.17, 15) is 14.9 Å². The lowest BCUT2D eigenvalue weighted by Gasteiger charge is -2.37. The molecule has 1 aliphatic rings. The number of nitriles is 1. The molecular weight excluding hydrogens is 797 g/mol. The van der Waals surface area contributed by atoms with Gasteiger partial charge in [-0.15, -0.1) is 11.3 Å². The van der Waals surface area contributed by atoms with Crippen molar-refractivity contribution in [1.82, 2.24) is 9.88 Å². The van der Waals surface area contributed by atoms with Crippen molar-refractivity contribution in [3.63, 3.8) is 0 Å². The number of ether oxygens (including phenoxy) is 3. The first-order valence-electron chi connectivity index (χ1n) is 19.6. The number of nitrogens with zero attached hydrogens (tertiary/aromatic N) is 4. The summed E-state index contributed by atoms with van der Waals surface area (Å²) in [5.74, 6) is 0.436. The predicted molar refractivity (Wildman–Crippen MR) is 235 cm³/mol. The molecule has 61 heavy (non-hydrogen) atoms. The molecule has 0 spiro atoms. The summed E-state index contributed by atoms with van der Waals surface area (Å²) in [4.78, 5) is 36.0. The molecule has 2 aromatic heterocycles. The van der Waals surface area contributed by atoms with Gasteiger partial charge in [0.25, 0.3) is 5.91 Å². The van der Waals surface area contributed by atoms with E-state index in [2.05, 4.69) is 22.9 Å². The molecule has 0 radical (unpaired) electrons. The normalized spacial score (nSPS) is 13.0. The highest BCUT2D eigenvalue weighted by Gasteiger charge is 2.34. The summed E-state index contributed by atoms with van der Waals surface area (Å²) >= 11 is 0.857. The minimum atomic E-state index is -0.823. The molecule has 3 heterocycles. The largest absolute Gasteiger partial charge is 0.497 e. The SMILES string of the molecule is C=Cc1c2c(cc(F)c1-c1ccc(F)c3sc(NC(=O)OC(C)(C)C)c(C#N)c13)C(=O)N(C(C)c1cccnc1N(Cc1ccc(OC)cc1)Cc1ccc(OC)cc1)CC2. The van der Waals surface area contributed by atoms with Crippen LogP contribution in [-0.2, 0) is 24.2 Å². The van der Waals surface area contributed by atoms with Gasteiger partial charge in [0.1, 0.15) is 45.6 Å². The molecule has 0 saturated carbocycles. The lowest BCUT2D eigenvalue weighted by Crippen LogP contribution is -2.40. The number of carbonyl (C=O) groups excluding carboxylic acids is 2. The number of benzene rings is 4. The average Bonchev–Trinajstić information content (AvgIpc) is 3.61. The topological polar surface area (TPSA) is 117 Å². The van der Waals surface area contributed by atoms with Gasteiger partial charge in [0.2, 0.25) is 0 Å². The molecule has 0 aliphatic carbocycles. The Labute approximate surface area is 357 Å². The second-order valence-electron chi connectivity index (χ2n) is 15.6. The predicted octanol–water partition coefficient (Wildman–Crippen LogP) is 11.1. The van der Waals surface area contributed by atoms with Crippen LogP contribution in [0, 0.1) is 23.0 Å². The van der Waals surface area contributed by atoms with Crippen LogP contribution in [0.1, 0.15) is 77.5 Å². The van der Waals surface area contributed by atoms with Gasteiger partial charge in [-0.25, -0.2) is 18.6 Å². The Morgan fingerprint density at radius 3 is 2.21 bits per heavy atom. The number of thiophene rings is 1. The summed E-state index contributed by atoms with van der Waals surface area (Å²) in [7, 11) is 3.25. The molecule has 1 N–H and O–H groups in total. The van der Waals surface area contributed by atoms with E-state index in [4.69, 9.17) is 19.2 Å². The lowest BCUT2D eigenvalue weighted by atomic mass is 9.85. The number of nitrogens with one attached hydrogen (secondary N) is 1. The van der Waals surface area contributed by atoms with Crippen LogP contribution >= 0.6 is 11.3 Å². The zero-order valence-corrected chi connectivity index (χ0v) is 35.6. The summed E-state index contributed by atoms with van der Waals surface area (Å²) in [6, 6.07) is 24.9. The van der Waals surface area contributed by atoms with Gasteiger partial charge in [0.05, 0.1) is 30.5 Å². The number of anilines is 2. The molecule has 4 aromatic carbocycles. The molecule has 0 bridgehead atoms. The number of pyridine rings is 1. The first kappa shape index (κ1) is 42.3. The van der Waals surface area contributed by atoms with Crippen molar-refractivity contribution < 1.29 is 32.6 Å². The molecule has 2 amide bonds. The summed E-state index contributed by atoms with van der Waals surface area (Å²) in [5.41, 5.74) is 3.46. The number of rotatable bonds is 12. The molecular formula is C48H45F2N5O5S. The maximum atomic E-state index is 16.8. The highest BCUT2D eigenvalue weighted by atomic mass is 32.1. The molecule has 312 valence electrons. The van der Waals surface area contributed by atoms with Crippen molar-refractivity contribution in [1.29, 1.82) is 5.26 Å². The second kappa shape index (κ2) is 17.4. The van der Waals surface area contributed by atoms with Gasteiger partial charge in [0, 0.05) is 47.9 Å². The Morgan fingerprint density at radius 1 is 1.00 bits per heavy atom. The lowest BCUT2D eigenvalue weighted by molar-refractivity contribution is 0.0634. The number of hydrogen-bond acceptors (Lipinski definition) is 9. The van der Waals surface area contributed by atoms with Crippen molar-refractivity contribution in [2.45, 2.75) is 58.8 Å². The third-order valence-electron chi connectivity index (χ3n) is 10.6. The van der Waals surface area contributed by atoms with Crippen LogP contribution in [0.4, 0.5) is 24.4 Å². The number of amides is 2. The molecule has 0 fully saturated rings. The second-order valence-corrected chi connectivity index (χ2v) is 16.6. The van der Waals surface area contributed by atoms with Gasteiger partial charge in [-0.3, -0.25) is 10.1 Å². The van der Waals surface area contributed by atoms with Crippen LogP contribution in [-0.4, -0.2) is 48.2 Å². The highest BCUT2D eigenvalue weighted by Crippen LogP contribution is 2.46. The van der Waals surface area contributed by atoms with E-state index < -0.39 is 29.4 Å². The zero-order chi connectivity index (χ0) is 43.6. The van der Waals surface area contributed by atoms with Gasteiger partial charge in [0.15, 0.2) is 0 Å². The van der Waals surface area contributed by atoms with Gasteiger partial charge < -0.3 is 24.0 Å². The Balaban J connectivity index is 1.25. The standard InChI is InChI=1S/C48H45F2N5O5S/c1-8-33-35-21-23-55(28(2)34-10-9-22-52-44(34)54(26-29-11-15-31(58-6)16-12-29)27-30-13-17-32(59-7)18-14-30)46(56)37(35)24-40(50)41(33)36-19-20-39(49)43-42(36)38(25-51)45(61-43)53-47(57)60-48(3,4)5/h8-20,22,24,28H,1,21,23,26-27H2,2-7H3,(H,53,57). The number of hydrogen-bond donors (Lipinski definition) is 1. The Morgan fingerprint density at radius 2 is 1.64 bits per heavy atom. The van der Waals surface area contributed by atoms with Gasteiger partial charge in [-0.05, 0) is 104 Å². The number of halogens is 2. The van der Waals surface area contributed by atoms with Crippen LogP contribution in [0.25, 0.3) is 27.3 Å². The fourth-order valence-corrected chi connectivity index (χ4v) is 8.84. The molecule has 1 unspecified atom stereocenters. The molecule has 7 rings (SSSR count). The third-order valence-corrected chi connectivity index (χ3v) is 11.7. The van der Waals surface area contributed by atoms with Crippen molar-refractivity contribution in [2.75, 3.05) is 31.0 Å². The summed E-state index contributed by atoms with van der Waals surface area (Å²) < 4.78 is 48.4. The first-order chi connectivity index (χ1) is 29.2. The summed E-state index contributed by atoms with van der Waals surface area (Å²) in [6.45, 7) is 12.3. The van der Waals surface area contributed by atoms with E-state index in [0.29, 0.717) is 43.0 Å². The van der Waals surface area contributed by atoms with Crippen LogP contribution < -0.4 is 19.7 Å². The Kier molecular flexibility index (Phi) is 12.1. The number of carbonyl (C=O) groups is 2. The number of methoxy groups -OCH3 is 2. The van der Waals surface area contributed by atoms with E-state index in [0.717, 1.165) is 39.5 Å². The van der Waals surface area contributed by atoms with Gasteiger partial charge in [-0.1, -0.05) is 49.1 Å². The van der Waals surface area contributed by atoms with E-state index >= 15 is 8.78 Å². The maximum Gasteiger partial charge on any atom is 0.412 e. The maximum absolute atomic E-state index is 16.8.